The van der Waals surface area contributed by atoms with Crippen LogP contribution in [0.5, 0.6) is 0 Å². The van der Waals surface area contributed by atoms with Crippen LogP contribution < -0.4 is 5.32 Å². The van der Waals surface area contributed by atoms with E-state index in [1.54, 1.807) is 7.05 Å². The summed E-state index contributed by atoms with van der Waals surface area (Å²) in [6.07, 6.45) is 0.436. The van der Waals surface area contributed by atoms with E-state index in [1.807, 2.05) is 6.92 Å². The largest absolute Gasteiger partial charge is 0.372 e. The van der Waals surface area contributed by atoms with Crippen molar-refractivity contribution < 1.29 is 9.53 Å². The summed E-state index contributed by atoms with van der Waals surface area (Å²) in [4.78, 5) is 10.7. The van der Waals surface area contributed by atoms with Gasteiger partial charge in [-0.25, -0.2) is 0 Å². The minimum Gasteiger partial charge on any atom is -0.372 e. The smallest absolute Gasteiger partial charge is 0.248 e. The second-order valence-electron chi connectivity index (χ2n) is 1.75. The fraction of sp³-hybridized carbons (Fsp3) is 0.833. The molecule has 1 N–H and O–H groups in total. The highest BCUT2D eigenvalue weighted by Crippen LogP contribution is 1.93. The van der Waals surface area contributed by atoms with Crippen molar-refractivity contribution in [2.24, 2.45) is 0 Å². The van der Waals surface area contributed by atoms with E-state index in [9.17, 15) is 4.79 Å². The van der Waals surface area contributed by atoms with E-state index in [0.29, 0.717) is 0 Å². The van der Waals surface area contributed by atoms with E-state index >= 15 is 0 Å². The van der Waals surface area contributed by atoms with Gasteiger partial charge in [-0.15, -0.1) is 0 Å². The van der Waals surface area contributed by atoms with Crippen molar-refractivity contribution >= 4 is 5.91 Å². The second-order valence-corrected chi connectivity index (χ2v) is 1.75. The molecule has 1 unspecified atom stereocenters. The monoisotopic (exact) mass is 131 g/mol. The summed E-state index contributed by atoms with van der Waals surface area (Å²) in [5.41, 5.74) is 0. The normalized spacial score (nSPS) is 12.8. The van der Waals surface area contributed by atoms with Crippen molar-refractivity contribution in [1.82, 2.24) is 5.32 Å². The number of carbonyl (C=O) groups excluding carboxylic acids is 1. The van der Waals surface area contributed by atoms with Gasteiger partial charge in [0.25, 0.3) is 0 Å². The van der Waals surface area contributed by atoms with Crippen LogP contribution in [0.15, 0.2) is 0 Å². The molecular formula is C6H13NO2. The van der Waals surface area contributed by atoms with Crippen LogP contribution in [0.2, 0.25) is 0 Å². The Morgan fingerprint density at radius 3 is 2.44 bits per heavy atom. The third kappa shape index (κ3) is 2.46. The van der Waals surface area contributed by atoms with Crippen LogP contribution in [0.25, 0.3) is 0 Å². The topological polar surface area (TPSA) is 38.3 Å². The summed E-state index contributed by atoms with van der Waals surface area (Å²) < 4.78 is 4.84. The van der Waals surface area contributed by atoms with Crippen LogP contribution >= 0.6 is 0 Å². The number of amides is 1. The number of hydrogen-bond acceptors (Lipinski definition) is 2. The molecule has 0 saturated carbocycles. The Morgan fingerprint density at radius 1 is 1.78 bits per heavy atom. The molecule has 0 radical (unpaired) electrons. The van der Waals surface area contributed by atoms with E-state index < -0.39 is 0 Å². The lowest BCUT2D eigenvalue weighted by Crippen LogP contribution is -2.32. The standard InChI is InChI=1S/C6H13NO2/c1-4-5(9-3)6(8)7-2/h5H,4H2,1-3H3,(H,7,8). The molecule has 3 heteroatoms. The van der Waals surface area contributed by atoms with E-state index in [1.165, 1.54) is 7.11 Å². The Morgan fingerprint density at radius 2 is 2.33 bits per heavy atom. The van der Waals surface area contributed by atoms with Crippen LogP contribution in [-0.2, 0) is 9.53 Å². The third-order valence-corrected chi connectivity index (χ3v) is 1.19. The van der Waals surface area contributed by atoms with Crippen molar-refractivity contribution in [2.75, 3.05) is 14.2 Å². The van der Waals surface area contributed by atoms with Crippen LogP contribution in [0.1, 0.15) is 13.3 Å². The van der Waals surface area contributed by atoms with E-state index in [4.69, 9.17) is 4.74 Å². The van der Waals surface area contributed by atoms with Gasteiger partial charge in [-0.3, -0.25) is 4.79 Å². The molecule has 54 valence electrons. The lowest BCUT2D eigenvalue weighted by atomic mass is 10.2. The summed E-state index contributed by atoms with van der Waals surface area (Å²) in [6.45, 7) is 1.91. The fourth-order valence-corrected chi connectivity index (χ4v) is 0.620. The molecule has 0 aromatic rings. The van der Waals surface area contributed by atoms with Crippen LogP contribution in [-0.4, -0.2) is 26.2 Å². The summed E-state index contributed by atoms with van der Waals surface area (Å²) >= 11 is 0. The molecule has 9 heavy (non-hydrogen) atoms. The first-order valence-corrected chi connectivity index (χ1v) is 3.00. The molecule has 1 atom stereocenters. The lowest BCUT2D eigenvalue weighted by molar-refractivity contribution is -0.130. The minimum absolute atomic E-state index is 0.0556. The zero-order chi connectivity index (χ0) is 7.28. The second kappa shape index (κ2) is 4.32. The molecule has 0 rings (SSSR count). The third-order valence-electron chi connectivity index (χ3n) is 1.19. The predicted molar refractivity (Wildman–Crippen MR) is 35.2 cm³/mol. The van der Waals surface area contributed by atoms with Crippen molar-refractivity contribution in [3.8, 4) is 0 Å². The zero-order valence-corrected chi connectivity index (χ0v) is 6.10. The molecule has 0 aliphatic heterocycles. The van der Waals surface area contributed by atoms with E-state index in [-0.39, 0.29) is 12.0 Å². The number of hydrogen-bond donors (Lipinski definition) is 1. The Kier molecular flexibility index (Phi) is 4.05. The van der Waals surface area contributed by atoms with Crippen molar-refractivity contribution in [1.29, 1.82) is 0 Å². The van der Waals surface area contributed by atoms with Crippen LogP contribution in [0.4, 0.5) is 0 Å². The summed E-state index contributed by atoms with van der Waals surface area (Å²) in [6, 6.07) is 0. The first kappa shape index (κ1) is 8.43. The van der Waals surface area contributed by atoms with Gasteiger partial charge in [-0.05, 0) is 6.42 Å². The molecule has 0 aromatic heterocycles. The van der Waals surface area contributed by atoms with Crippen LogP contribution in [0.3, 0.4) is 0 Å². The maximum Gasteiger partial charge on any atom is 0.248 e. The molecule has 0 heterocycles. The van der Waals surface area contributed by atoms with Crippen molar-refractivity contribution in [3.05, 3.63) is 0 Å². The highest BCUT2D eigenvalue weighted by atomic mass is 16.5. The Bertz CT molecular complexity index is 89.1. The molecule has 3 nitrogen and oxygen atoms in total. The highest BCUT2D eigenvalue weighted by Gasteiger charge is 2.11. The lowest BCUT2D eigenvalue weighted by Gasteiger charge is -2.09. The molecule has 0 aromatic carbocycles. The van der Waals surface area contributed by atoms with Gasteiger partial charge in [-0.2, -0.15) is 0 Å². The molecule has 0 fully saturated rings. The Balaban J connectivity index is 3.64. The summed E-state index contributed by atoms with van der Waals surface area (Å²) in [5.74, 6) is -0.0556. The molecule has 0 saturated heterocycles. The molecule has 0 aliphatic carbocycles. The van der Waals surface area contributed by atoms with Crippen molar-refractivity contribution in [2.45, 2.75) is 19.4 Å². The van der Waals surface area contributed by atoms with Crippen LogP contribution in [0, 0.1) is 0 Å². The Labute approximate surface area is 55.4 Å². The van der Waals surface area contributed by atoms with Gasteiger partial charge < -0.3 is 10.1 Å². The molecule has 0 spiro atoms. The quantitative estimate of drug-likeness (QED) is 0.592. The first-order valence-electron chi connectivity index (χ1n) is 3.00. The number of ether oxygens (including phenoxy) is 1. The molecule has 1 amide bonds. The SMILES string of the molecule is CCC(OC)C(=O)NC. The Hall–Kier alpha value is -0.570. The fourth-order valence-electron chi connectivity index (χ4n) is 0.620. The maximum atomic E-state index is 10.7. The minimum atomic E-state index is -0.282. The highest BCUT2D eigenvalue weighted by molar-refractivity contribution is 5.80. The van der Waals surface area contributed by atoms with Crippen molar-refractivity contribution in [3.63, 3.8) is 0 Å². The first-order chi connectivity index (χ1) is 4.26. The predicted octanol–water partition coefficient (Wildman–Crippen LogP) is 0.157. The number of nitrogens with one attached hydrogen (secondary N) is 1. The summed E-state index contributed by atoms with van der Waals surface area (Å²) in [7, 11) is 3.13. The van der Waals surface area contributed by atoms with Gasteiger partial charge in [0.1, 0.15) is 6.10 Å². The molecule has 0 bridgehead atoms. The average Bonchev–Trinajstić information content (AvgIpc) is 1.90. The number of carbonyl (C=O) groups is 1. The van der Waals surface area contributed by atoms with E-state index in [0.717, 1.165) is 6.42 Å². The van der Waals surface area contributed by atoms with Gasteiger partial charge in [0.2, 0.25) is 5.91 Å². The zero-order valence-electron chi connectivity index (χ0n) is 6.10. The number of likely N-dealkylation sites (N-methyl/N-ethyl adjacent to an activating group) is 1. The molecule has 0 aliphatic rings. The summed E-state index contributed by atoms with van der Waals surface area (Å²) in [5, 5.41) is 2.50. The maximum absolute atomic E-state index is 10.7. The van der Waals surface area contributed by atoms with Gasteiger partial charge in [-0.1, -0.05) is 6.92 Å². The van der Waals surface area contributed by atoms with Gasteiger partial charge >= 0.3 is 0 Å². The molecular weight excluding hydrogens is 118 g/mol. The van der Waals surface area contributed by atoms with Gasteiger partial charge in [0, 0.05) is 14.2 Å². The number of rotatable bonds is 3. The van der Waals surface area contributed by atoms with Gasteiger partial charge in [0.15, 0.2) is 0 Å². The van der Waals surface area contributed by atoms with Gasteiger partial charge in [0.05, 0.1) is 0 Å². The number of methoxy groups -OCH3 is 1. The van der Waals surface area contributed by atoms with E-state index in [2.05, 4.69) is 5.32 Å². The average molecular weight is 131 g/mol.